The molecule has 0 saturated carbocycles. The number of nitrogens with one attached hydrogen (secondary N) is 1. The molecule has 0 unspecified atom stereocenters. The lowest BCUT2D eigenvalue weighted by Crippen LogP contribution is -2.35. The van der Waals surface area contributed by atoms with Gasteiger partial charge < -0.3 is 10.4 Å². The molecule has 0 radical (unpaired) electrons. The third-order valence-electron chi connectivity index (χ3n) is 2.94. The van der Waals surface area contributed by atoms with E-state index >= 15 is 0 Å². The standard InChI is InChI=1S/C13H17NO/c1-9(15)11-6-4-5-10-7-8-13(2,3)14-12(10)11/h4-6,14-15H,1,7-8H2,2-3H3. The van der Waals surface area contributed by atoms with Crippen molar-refractivity contribution in [2.75, 3.05) is 5.32 Å². The van der Waals surface area contributed by atoms with Crippen molar-refractivity contribution < 1.29 is 5.11 Å². The van der Waals surface area contributed by atoms with Gasteiger partial charge in [-0.15, -0.1) is 0 Å². The van der Waals surface area contributed by atoms with E-state index in [-0.39, 0.29) is 11.3 Å². The monoisotopic (exact) mass is 203 g/mol. The molecule has 2 rings (SSSR count). The van der Waals surface area contributed by atoms with Crippen LogP contribution in [0, 0.1) is 0 Å². The zero-order valence-electron chi connectivity index (χ0n) is 9.30. The Kier molecular flexibility index (Phi) is 2.22. The van der Waals surface area contributed by atoms with E-state index in [9.17, 15) is 5.11 Å². The van der Waals surface area contributed by atoms with Gasteiger partial charge in [0.15, 0.2) is 0 Å². The molecule has 0 bridgehead atoms. The predicted molar refractivity (Wildman–Crippen MR) is 64.1 cm³/mol. The summed E-state index contributed by atoms with van der Waals surface area (Å²) in [5.74, 6) is 0.136. The molecule has 0 aliphatic carbocycles. The number of aliphatic hydroxyl groups is 1. The van der Waals surface area contributed by atoms with E-state index < -0.39 is 0 Å². The van der Waals surface area contributed by atoms with Crippen LogP contribution in [-0.2, 0) is 6.42 Å². The van der Waals surface area contributed by atoms with E-state index in [2.05, 4.69) is 31.8 Å². The molecule has 0 saturated heterocycles. The van der Waals surface area contributed by atoms with Crippen LogP contribution in [0.4, 0.5) is 5.69 Å². The molecule has 0 atom stereocenters. The van der Waals surface area contributed by atoms with Crippen molar-refractivity contribution in [3.63, 3.8) is 0 Å². The second-order valence-corrected chi connectivity index (χ2v) is 4.80. The highest BCUT2D eigenvalue weighted by atomic mass is 16.3. The molecule has 2 heteroatoms. The fourth-order valence-electron chi connectivity index (χ4n) is 2.04. The number of aliphatic hydroxyl groups excluding tert-OH is 1. The van der Waals surface area contributed by atoms with Gasteiger partial charge in [-0.25, -0.2) is 0 Å². The number of hydrogen-bond acceptors (Lipinski definition) is 2. The number of hydrogen-bond donors (Lipinski definition) is 2. The topological polar surface area (TPSA) is 32.3 Å². The minimum Gasteiger partial charge on any atom is -0.508 e. The lowest BCUT2D eigenvalue weighted by molar-refractivity contribution is 0.496. The van der Waals surface area contributed by atoms with Gasteiger partial charge in [0.25, 0.3) is 0 Å². The fourth-order valence-corrected chi connectivity index (χ4v) is 2.04. The summed E-state index contributed by atoms with van der Waals surface area (Å²) in [5, 5.41) is 13.0. The van der Waals surface area contributed by atoms with Gasteiger partial charge in [-0.05, 0) is 38.3 Å². The van der Waals surface area contributed by atoms with E-state index in [0.29, 0.717) is 0 Å². The molecule has 1 aliphatic heterocycles. The average molecular weight is 203 g/mol. The van der Waals surface area contributed by atoms with Gasteiger partial charge in [-0.2, -0.15) is 0 Å². The summed E-state index contributed by atoms with van der Waals surface area (Å²) in [6.45, 7) is 7.94. The molecule has 0 amide bonds. The largest absolute Gasteiger partial charge is 0.508 e. The Morgan fingerprint density at radius 2 is 2.20 bits per heavy atom. The van der Waals surface area contributed by atoms with Crippen LogP contribution >= 0.6 is 0 Å². The smallest absolute Gasteiger partial charge is 0.117 e. The molecule has 15 heavy (non-hydrogen) atoms. The first-order valence-corrected chi connectivity index (χ1v) is 5.28. The van der Waals surface area contributed by atoms with Crippen molar-refractivity contribution in [1.29, 1.82) is 0 Å². The molecule has 1 heterocycles. The third kappa shape index (κ3) is 1.84. The van der Waals surface area contributed by atoms with Crippen molar-refractivity contribution in [3.05, 3.63) is 35.9 Å². The molecule has 0 fully saturated rings. The van der Waals surface area contributed by atoms with E-state index in [1.165, 1.54) is 5.56 Å². The fraction of sp³-hybridized carbons (Fsp3) is 0.385. The number of fused-ring (bicyclic) bond motifs is 1. The Morgan fingerprint density at radius 3 is 2.87 bits per heavy atom. The number of anilines is 1. The van der Waals surface area contributed by atoms with Gasteiger partial charge in [-0.1, -0.05) is 18.7 Å². The van der Waals surface area contributed by atoms with Gasteiger partial charge in [-0.3, -0.25) is 0 Å². The number of benzene rings is 1. The summed E-state index contributed by atoms with van der Waals surface area (Å²) in [5.41, 5.74) is 3.22. The highest BCUT2D eigenvalue weighted by Gasteiger charge is 2.25. The molecular formula is C13H17NO. The number of aryl methyl sites for hydroxylation is 1. The number of para-hydroxylation sites is 1. The molecule has 0 spiro atoms. The zero-order chi connectivity index (χ0) is 11.1. The van der Waals surface area contributed by atoms with Gasteiger partial charge >= 0.3 is 0 Å². The molecule has 1 aliphatic rings. The van der Waals surface area contributed by atoms with Crippen molar-refractivity contribution in [2.45, 2.75) is 32.2 Å². The SMILES string of the molecule is C=C(O)c1cccc2c1NC(C)(C)CC2. The lowest BCUT2D eigenvalue weighted by Gasteiger charge is -2.35. The van der Waals surface area contributed by atoms with Crippen LogP contribution in [0.2, 0.25) is 0 Å². The summed E-state index contributed by atoms with van der Waals surface area (Å²) < 4.78 is 0. The normalized spacial score (nSPS) is 17.7. The summed E-state index contributed by atoms with van der Waals surface area (Å²) in [7, 11) is 0. The van der Waals surface area contributed by atoms with Crippen LogP contribution in [0.1, 0.15) is 31.4 Å². The van der Waals surface area contributed by atoms with Gasteiger partial charge in [0.05, 0.1) is 0 Å². The maximum atomic E-state index is 9.52. The van der Waals surface area contributed by atoms with Crippen LogP contribution in [0.15, 0.2) is 24.8 Å². The molecule has 1 aromatic rings. The Labute approximate surface area is 90.6 Å². The van der Waals surface area contributed by atoms with Crippen molar-refractivity contribution in [3.8, 4) is 0 Å². The summed E-state index contributed by atoms with van der Waals surface area (Å²) in [6.07, 6.45) is 2.16. The molecule has 1 aromatic carbocycles. The molecule has 2 nitrogen and oxygen atoms in total. The van der Waals surface area contributed by atoms with E-state index in [0.717, 1.165) is 24.1 Å². The highest BCUT2D eigenvalue weighted by molar-refractivity contribution is 5.74. The maximum absolute atomic E-state index is 9.52. The maximum Gasteiger partial charge on any atom is 0.117 e. The Bertz CT molecular complexity index is 407. The number of rotatable bonds is 1. The van der Waals surface area contributed by atoms with Crippen LogP contribution in [-0.4, -0.2) is 10.6 Å². The minimum atomic E-state index is 0.0958. The van der Waals surface area contributed by atoms with Gasteiger partial charge in [0, 0.05) is 16.8 Å². The lowest BCUT2D eigenvalue weighted by atomic mass is 9.88. The Hall–Kier alpha value is -1.44. The summed E-state index contributed by atoms with van der Waals surface area (Å²) in [6, 6.07) is 5.97. The van der Waals surface area contributed by atoms with Crippen molar-refractivity contribution >= 4 is 11.4 Å². The second kappa shape index (κ2) is 3.30. The Morgan fingerprint density at radius 1 is 1.47 bits per heavy atom. The van der Waals surface area contributed by atoms with E-state index in [4.69, 9.17) is 0 Å². The van der Waals surface area contributed by atoms with Crippen LogP contribution in [0.5, 0.6) is 0 Å². The predicted octanol–water partition coefficient (Wildman–Crippen LogP) is 3.35. The van der Waals surface area contributed by atoms with Gasteiger partial charge in [0.2, 0.25) is 0 Å². The van der Waals surface area contributed by atoms with Crippen molar-refractivity contribution in [2.24, 2.45) is 0 Å². The zero-order valence-corrected chi connectivity index (χ0v) is 9.30. The molecule has 0 aromatic heterocycles. The van der Waals surface area contributed by atoms with Crippen LogP contribution < -0.4 is 5.32 Å². The highest BCUT2D eigenvalue weighted by Crippen LogP contribution is 2.34. The summed E-state index contributed by atoms with van der Waals surface area (Å²) in [4.78, 5) is 0. The third-order valence-corrected chi connectivity index (χ3v) is 2.94. The second-order valence-electron chi connectivity index (χ2n) is 4.80. The first-order chi connectivity index (χ1) is 6.99. The molecular weight excluding hydrogens is 186 g/mol. The van der Waals surface area contributed by atoms with E-state index in [1.54, 1.807) is 0 Å². The first-order valence-electron chi connectivity index (χ1n) is 5.28. The average Bonchev–Trinajstić information content (AvgIpc) is 2.15. The Balaban J connectivity index is 2.50. The minimum absolute atomic E-state index is 0.0958. The first kappa shape index (κ1) is 10.1. The molecule has 80 valence electrons. The molecule has 2 N–H and O–H groups in total. The summed E-state index contributed by atoms with van der Waals surface area (Å²) >= 11 is 0. The van der Waals surface area contributed by atoms with Gasteiger partial charge in [0.1, 0.15) is 5.76 Å². The quantitative estimate of drug-likeness (QED) is 0.686. The van der Waals surface area contributed by atoms with Crippen LogP contribution in [0.25, 0.3) is 5.76 Å². The van der Waals surface area contributed by atoms with Crippen molar-refractivity contribution in [1.82, 2.24) is 0 Å². The van der Waals surface area contributed by atoms with Crippen LogP contribution in [0.3, 0.4) is 0 Å². The van der Waals surface area contributed by atoms with E-state index in [1.807, 2.05) is 12.1 Å².